The summed E-state index contributed by atoms with van der Waals surface area (Å²) in [7, 11) is 0. The molecule has 0 saturated carbocycles. The molecule has 0 fully saturated rings. The average Bonchev–Trinajstić information content (AvgIpc) is 2.75. The first kappa shape index (κ1) is 24.3. The highest BCUT2D eigenvalue weighted by Crippen LogP contribution is 2.28. The van der Waals surface area contributed by atoms with Crippen LogP contribution in [0, 0.1) is 0 Å². The van der Waals surface area contributed by atoms with Crippen LogP contribution >= 0.6 is 0 Å². The second-order valence-electron chi connectivity index (χ2n) is 8.62. The zero-order chi connectivity index (χ0) is 23.8. The van der Waals surface area contributed by atoms with E-state index in [1.807, 2.05) is 61.5 Å². The van der Waals surface area contributed by atoms with E-state index in [0.29, 0.717) is 22.7 Å². The lowest BCUT2D eigenvalue weighted by atomic mass is 10.2. The number of ether oxygens (including phenoxy) is 2. The number of para-hydroxylation sites is 3. The summed E-state index contributed by atoms with van der Waals surface area (Å²) >= 11 is 0. The molecule has 3 N–H and O–H groups in total. The van der Waals surface area contributed by atoms with Crippen molar-refractivity contribution in [2.75, 3.05) is 5.32 Å². The average molecular weight is 448 g/mol. The minimum atomic E-state index is -0.806. The van der Waals surface area contributed by atoms with Gasteiger partial charge in [-0.1, -0.05) is 30.3 Å². The van der Waals surface area contributed by atoms with Gasteiger partial charge in [0.1, 0.15) is 17.2 Å². The van der Waals surface area contributed by atoms with Gasteiger partial charge >= 0.3 is 0 Å². The Kier molecular flexibility index (Phi) is 8.09. The van der Waals surface area contributed by atoms with Gasteiger partial charge in [0, 0.05) is 24.6 Å². The molecule has 0 atom stereocenters. The zero-order valence-corrected chi connectivity index (χ0v) is 19.9. The molecule has 3 aromatic rings. The summed E-state index contributed by atoms with van der Waals surface area (Å²) in [5.41, 5.74) is 1.11. The monoisotopic (exact) mass is 447 g/mol. The Morgan fingerprint density at radius 3 is 1.91 bits per heavy atom. The third kappa shape index (κ3) is 7.34. The highest BCUT2D eigenvalue weighted by molar-refractivity contribution is 6.05. The van der Waals surface area contributed by atoms with Crippen LogP contribution in [0.3, 0.4) is 0 Å². The fourth-order valence-corrected chi connectivity index (χ4v) is 3.57. The molecule has 0 bridgehead atoms. The molecule has 0 aliphatic rings. The Labute approximate surface area is 196 Å². The van der Waals surface area contributed by atoms with Crippen LogP contribution in [0.5, 0.6) is 17.2 Å². The number of hydrogen-bond acceptors (Lipinski definition) is 5. The summed E-state index contributed by atoms with van der Waals surface area (Å²) in [6, 6.07) is 24.4. The SMILES string of the molecule is CC(C)NC(C)(NC(C)C)Oc1ccccc1NC(=O)c1ccc(Oc2ccccc2)cc1. The van der Waals surface area contributed by atoms with Gasteiger partial charge in [0.05, 0.1) is 5.69 Å². The minimum Gasteiger partial charge on any atom is -0.458 e. The number of rotatable bonds is 10. The number of nitrogens with one attached hydrogen (secondary N) is 3. The molecule has 0 radical (unpaired) electrons. The summed E-state index contributed by atoms with van der Waals surface area (Å²) in [5.74, 6) is 0.941. The molecule has 0 unspecified atom stereocenters. The van der Waals surface area contributed by atoms with Crippen LogP contribution in [0.1, 0.15) is 45.0 Å². The van der Waals surface area contributed by atoms with Crippen LogP contribution in [0.15, 0.2) is 78.9 Å². The van der Waals surface area contributed by atoms with Gasteiger partial charge < -0.3 is 14.8 Å². The first-order valence-corrected chi connectivity index (χ1v) is 11.2. The van der Waals surface area contributed by atoms with E-state index in [4.69, 9.17) is 9.47 Å². The number of carbonyl (C=O) groups excluding carboxylic acids is 1. The van der Waals surface area contributed by atoms with Crippen molar-refractivity contribution in [2.45, 2.75) is 52.6 Å². The predicted molar refractivity (Wildman–Crippen MR) is 133 cm³/mol. The van der Waals surface area contributed by atoms with Gasteiger partial charge in [0.2, 0.25) is 5.85 Å². The van der Waals surface area contributed by atoms with Crippen molar-refractivity contribution in [3.05, 3.63) is 84.4 Å². The number of carbonyl (C=O) groups is 1. The maximum Gasteiger partial charge on any atom is 0.255 e. The molecule has 6 heteroatoms. The van der Waals surface area contributed by atoms with Crippen molar-refractivity contribution < 1.29 is 14.3 Å². The molecule has 0 aliphatic carbocycles. The van der Waals surface area contributed by atoms with E-state index >= 15 is 0 Å². The van der Waals surface area contributed by atoms with E-state index in [0.717, 1.165) is 5.75 Å². The molecule has 0 aliphatic heterocycles. The molecule has 6 nitrogen and oxygen atoms in total. The van der Waals surface area contributed by atoms with E-state index in [1.54, 1.807) is 24.3 Å². The van der Waals surface area contributed by atoms with Gasteiger partial charge in [-0.2, -0.15) is 0 Å². The van der Waals surface area contributed by atoms with E-state index in [2.05, 4.69) is 43.6 Å². The van der Waals surface area contributed by atoms with Gasteiger partial charge in [0.25, 0.3) is 5.91 Å². The summed E-state index contributed by atoms with van der Waals surface area (Å²) in [6.45, 7) is 10.2. The number of amides is 1. The summed E-state index contributed by atoms with van der Waals surface area (Å²) in [5, 5.41) is 9.79. The van der Waals surface area contributed by atoms with Crippen molar-refractivity contribution in [1.82, 2.24) is 10.6 Å². The lowest BCUT2D eigenvalue weighted by molar-refractivity contribution is 0.00218. The molecule has 33 heavy (non-hydrogen) atoms. The second kappa shape index (κ2) is 11.0. The van der Waals surface area contributed by atoms with Gasteiger partial charge in [-0.25, -0.2) is 0 Å². The van der Waals surface area contributed by atoms with Crippen molar-refractivity contribution >= 4 is 11.6 Å². The largest absolute Gasteiger partial charge is 0.458 e. The van der Waals surface area contributed by atoms with Crippen LogP contribution in [-0.2, 0) is 0 Å². The maximum atomic E-state index is 12.9. The highest BCUT2D eigenvalue weighted by atomic mass is 16.5. The number of hydrogen-bond donors (Lipinski definition) is 3. The fraction of sp³-hybridized carbons (Fsp3) is 0.296. The Morgan fingerprint density at radius 1 is 0.758 bits per heavy atom. The molecule has 1 amide bonds. The minimum absolute atomic E-state index is 0.194. The van der Waals surface area contributed by atoms with Crippen molar-refractivity contribution in [2.24, 2.45) is 0 Å². The third-order valence-electron chi connectivity index (χ3n) is 4.67. The van der Waals surface area contributed by atoms with Crippen molar-refractivity contribution in [3.63, 3.8) is 0 Å². The van der Waals surface area contributed by atoms with Crippen LogP contribution in [0.2, 0.25) is 0 Å². The number of anilines is 1. The van der Waals surface area contributed by atoms with Gasteiger partial charge in [-0.3, -0.25) is 15.4 Å². The Bertz CT molecular complexity index is 1020. The Hall–Kier alpha value is -3.35. The Morgan fingerprint density at radius 2 is 1.30 bits per heavy atom. The normalized spacial score (nSPS) is 11.5. The maximum absolute atomic E-state index is 12.9. The van der Waals surface area contributed by atoms with Gasteiger partial charge in [-0.15, -0.1) is 0 Å². The van der Waals surface area contributed by atoms with Crippen molar-refractivity contribution in [1.29, 1.82) is 0 Å². The molecule has 0 heterocycles. The molecule has 0 aromatic heterocycles. The topological polar surface area (TPSA) is 71.6 Å². The molecular formula is C27H33N3O3. The first-order chi connectivity index (χ1) is 15.7. The van der Waals surface area contributed by atoms with E-state index < -0.39 is 5.85 Å². The number of benzene rings is 3. The van der Waals surface area contributed by atoms with Crippen LogP contribution in [0.4, 0.5) is 5.69 Å². The predicted octanol–water partition coefficient (Wildman–Crippen LogP) is 5.78. The molecule has 0 saturated heterocycles. The standard InChI is InChI=1S/C27H33N3O3/c1-19(2)29-27(5,30-20(3)4)33-25-14-10-9-13-24(25)28-26(31)21-15-17-23(18-16-21)32-22-11-7-6-8-12-22/h6-20,29-30H,1-5H3,(H,28,31). The third-order valence-corrected chi connectivity index (χ3v) is 4.67. The first-order valence-electron chi connectivity index (χ1n) is 11.2. The van der Waals surface area contributed by atoms with Gasteiger partial charge in [0.15, 0.2) is 0 Å². The molecule has 174 valence electrons. The second-order valence-corrected chi connectivity index (χ2v) is 8.62. The van der Waals surface area contributed by atoms with E-state index in [9.17, 15) is 4.79 Å². The molecule has 3 aromatic carbocycles. The summed E-state index contributed by atoms with van der Waals surface area (Å²) in [4.78, 5) is 12.9. The zero-order valence-electron chi connectivity index (χ0n) is 19.9. The fourth-order valence-electron chi connectivity index (χ4n) is 3.57. The summed E-state index contributed by atoms with van der Waals surface area (Å²) < 4.78 is 12.1. The molecular weight excluding hydrogens is 414 g/mol. The molecule has 3 rings (SSSR count). The van der Waals surface area contributed by atoms with Crippen LogP contribution < -0.4 is 25.4 Å². The van der Waals surface area contributed by atoms with Gasteiger partial charge in [-0.05, 0) is 76.2 Å². The van der Waals surface area contributed by atoms with E-state index in [-0.39, 0.29) is 18.0 Å². The van der Waals surface area contributed by atoms with Crippen LogP contribution in [-0.4, -0.2) is 23.8 Å². The van der Waals surface area contributed by atoms with Crippen molar-refractivity contribution in [3.8, 4) is 17.2 Å². The quantitative estimate of drug-likeness (QED) is 0.344. The summed E-state index contributed by atoms with van der Waals surface area (Å²) in [6.07, 6.45) is 0. The smallest absolute Gasteiger partial charge is 0.255 e. The van der Waals surface area contributed by atoms with E-state index in [1.165, 1.54) is 0 Å². The highest BCUT2D eigenvalue weighted by Gasteiger charge is 2.28. The lowest BCUT2D eigenvalue weighted by Gasteiger charge is -2.36. The lowest BCUT2D eigenvalue weighted by Crippen LogP contribution is -2.62. The molecule has 0 spiro atoms. The van der Waals surface area contributed by atoms with Crippen LogP contribution in [0.25, 0.3) is 0 Å². The Balaban J connectivity index is 1.72.